The Hall–Kier alpha value is -0.570. The molecule has 0 aromatic rings. The predicted molar refractivity (Wildman–Crippen MR) is 46.9 cm³/mol. The summed E-state index contributed by atoms with van der Waals surface area (Å²) >= 11 is 0. The maximum absolute atomic E-state index is 11.0. The molecule has 3 heteroatoms. The van der Waals surface area contributed by atoms with E-state index in [1.54, 1.807) is 0 Å². The largest absolute Gasteiger partial charge is 0.466 e. The van der Waals surface area contributed by atoms with Gasteiger partial charge in [-0.2, -0.15) is 0 Å². The van der Waals surface area contributed by atoms with E-state index in [1.807, 2.05) is 6.92 Å². The van der Waals surface area contributed by atoms with Gasteiger partial charge in [0.2, 0.25) is 0 Å². The molecule has 2 atom stereocenters. The third-order valence-electron chi connectivity index (χ3n) is 2.19. The van der Waals surface area contributed by atoms with E-state index in [1.165, 1.54) is 6.42 Å². The van der Waals surface area contributed by atoms with Gasteiger partial charge in [-0.1, -0.05) is 0 Å². The van der Waals surface area contributed by atoms with Crippen LogP contribution in [0.25, 0.3) is 0 Å². The SMILES string of the molecule is CCOC(=O)CC1CCC(C)N1. The van der Waals surface area contributed by atoms with Gasteiger partial charge in [-0.05, 0) is 26.7 Å². The summed E-state index contributed by atoms with van der Waals surface area (Å²) in [5.74, 6) is -0.0795. The standard InChI is InChI=1S/C9H17NO2/c1-3-12-9(11)6-8-5-4-7(2)10-8/h7-8,10H,3-6H2,1-2H3. The van der Waals surface area contributed by atoms with Gasteiger partial charge in [0, 0.05) is 12.1 Å². The van der Waals surface area contributed by atoms with Gasteiger partial charge in [-0.15, -0.1) is 0 Å². The fourth-order valence-electron chi connectivity index (χ4n) is 1.60. The van der Waals surface area contributed by atoms with E-state index in [0.717, 1.165) is 6.42 Å². The number of rotatable bonds is 3. The second kappa shape index (κ2) is 4.45. The molecule has 0 spiro atoms. The number of esters is 1. The Kier molecular flexibility index (Phi) is 3.53. The van der Waals surface area contributed by atoms with Crippen LogP contribution in [-0.2, 0) is 9.53 Å². The van der Waals surface area contributed by atoms with Gasteiger partial charge in [-0.25, -0.2) is 0 Å². The van der Waals surface area contributed by atoms with Crippen molar-refractivity contribution in [3.8, 4) is 0 Å². The highest BCUT2D eigenvalue weighted by Crippen LogP contribution is 2.14. The summed E-state index contributed by atoms with van der Waals surface area (Å²) in [5, 5.41) is 3.34. The second-order valence-corrected chi connectivity index (χ2v) is 3.35. The second-order valence-electron chi connectivity index (χ2n) is 3.35. The molecule has 1 N–H and O–H groups in total. The van der Waals surface area contributed by atoms with Crippen molar-refractivity contribution in [1.82, 2.24) is 5.32 Å². The number of nitrogens with one attached hydrogen (secondary N) is 1. The lowest BCUT2D eigenvalue weighted by molar-refractivity contribution is -0.143. The Bertz CT molecular complexity index is 159. The van der Waals surface area contributed by atoms with Crippen LogP contribution in [0.15, 0.2) is 0 Å². The Morgan fingerprint density at radius 3 is 2.83 bits per heavy atom. The summed E-state index contributed by atoms with van der Waals surface area (Å²) in [7, 11) is 0. The first-order chi connectivity index (χ1) is 5.72. The third kappa shape index (κ3) is 2.81. The Morgan fingerprint density at radius 1 is 1.58 bits per heavy atom. The van der Waals surface area contributed by atoms with Crippen molar-refractivity contribution in [2.24, 2.45) is 0 Å². The summed E-state index contributed by atoms with van der Waals surface area (Å²) in [6.45, 7) is 4.47. The van der Waals surface area contributed by atoms with Crippen molar-refractivity contribution >= 4 is 5.97 Å². The number of carbonyl (C=O) groups excluding carboxylic acids is 1. The van der Waals surface area contributed by atoms with Crippen LogP contribution in [0, 0.1) is 0 Å². The van der Waals surface area contributed by atoms with Crippen LogP contribution in [0.1, 0.15) is 33.1 Å². The molecule has 0 aromatic heterocycles. The monoisotopic (exact) mass is 171 g/mol. The van der Waals surface area contributed by atoms with Crippen molar-refractivity contribution in [3.05, 3.63) is 0 Å². The van der Waals surface area contributed by atoms with Gasteiger partial charge < -0.3 is 10.1 Å². The number of carbonyl (C=O) groups is 1. The van der Waals surface area contributed by atoms with Gasteiger partial charge >= 0.3 is 5.97 Å². The van der Waals surface area contributed by atoms with Gasteiger partial charge in [0.25, 0.3) is 0 Å². The Labute approximate surface area is 73.5 Å². The van der Waals surface area contributed by atoms with Crippen LogP contribution in [0.5, 0.6) is 0 Å². The molecule has 2 unspecified atom stereocenters. The molecule has 0 radical (unpaired) electrons. The average Bonchev–Trinajstić information content (AvgIpc) is 2.36. The first-order valence-corrected chi connectivity index (χ1v) is 4.64. The molecule has 1 fully saturated rings. The van der Waals surface area contributed by atoms with Crippen LogP contribution >= 0.6 is 0 Å². The van der Waals surface area contributed by atoms with E-state index in [0.29, 0.717) is 25.1 Å². The maximum atomic E-state index is 11.0. The van der Waals surface area contributed by atoms with Gasteiger partial charge in [0.1, 0.15) is 0 Å². The predicted octanol–water partition coefficient (Wildman–Crippen LogP) is 1.08. The lowest BCUT2D eigenvalue weighted by Crippen LogP contribution is -2.29. The van der Waals surface area contributed by atoms with Crippen molar-refractivity contribution in [1.29, 1.82) is 0 Å². The van der Waals surface area contributed by atoms with E-state index in [-0.39, 0.29) is 5.97 Å². The molecular formula is C9H17NO2. The molecule has 0 bridgehead atoms. The lowest BCUT2D eigenvalue weighted by atomic mass is 10.1. The third-order valence-corrected chi connectivity index (χ3v) is 2.19. The molecule has 1 heterocycles. The first-order valence-electron chi connectivity index (χ1n) is 4.64. The van der Waals surface area contributed by atoms with Crippen LogP contribution in [0.4, 0.5) is 0 Å². The highest BCUT2D eigenvalue weighted by molar-refractivity contribution is 5.70. The molecule has 0 aromatic carbocycles. The molecule has 1 saturated heterocycles. The van der Waals surface area contributed by atoms with E-state index < -0.39 is 0 Å². The highest BCUT2D eigenvalue weighted by Gasteiger charge is 2.22. The Morgan fingerprint density at radius 2 is 2.33 bits per heavy atom. The van der Waals surface area contributed by atoms with E-state index in [4.69, 9.17) is 4.74 Å². The summed E-state index contributed by atoms with van der Waals surface area (Å²) in [5.41, 5.74) is 0. The average molecular weight is 171 g/mol. The first kappa shape index (κ1) is 9.52. The molecule has 1 rings (SSSR count). The zero-order valence-corrected chi connectivity index (χ0v) is 7.80. The minimum absolute atomic E-state index is 0.0795. The van der Waals surface area contributed by atoms with E-state index >= 15 is 0 Å². The molecule has 0 amide bonds. The van der Waals surface area contributed by atoms with E-state index in [2.05, 4.69) is 12.2 Å². The van der Waals surface area contributed by atoms with Crippen molar-refractivity contribution in [2.45, 2.75) is 45.2 Å². The minimum atomic E-state index is -0.0795. The fourth-order valence-corrected chi connectivity index (χ4v) is 1.60. The zero-order chi connectivity index (χ0) is 8.97. The molecule has 0 aliphatic carbocycles. The molecule has 0 saturated carbocycles. The summed E-state index contributed by atoms with van der Waals surface area (Å²) in [4.78, 5) is 11.0. The van der Waals surface area contributed by atoms with Gasteiger partial charge in [-0.3, -0.25) is 4.79 Å². The zero-order valence-electron chi connectivity index (χ0n) is 7.80. The maximum Gasteiger partial charge on any atom is 0.307 e. The van der Waals surface area contributed by atoms with E-state index in [9.17, 15) is 4.79 Å². The topological polar surface area (TPSA) is 38.3 Å². The van der Waals surface area contributed by atoms with Crippen LogP contribution in [0.3, 0.4) is 0 Å². The molecule has 12 heavy (non-hydrogen) atoms. The van der Waals surface area contributed by atoms with Crippen LogP contribution in [-0.4, -0.2) is 24.7 Å². The minimum Gasteiger partial charge on any atom is -0.466 e. The van der Waals surface area contributed by atoms with Crippen LogP contribution in [0.2, 0.25) is 0 Å². The summed E-state index contributed by atoms with van der Waals surface area (Å²) in [6.07, 6.45) is 2.79. The normalized spacial score (nSPS) is 28.8. The van der Waals surface area contributed by atoms with Crippen molar-refractivity contribution in [2.75, 3.05) is 6.61 Å². The Balaban J connectivity index is 2.18. The molecule has 1 aliphatic rings. The lowest BCUT2D eigenvalue weighted by Gasteiger charge is -2.10. The quantitative estimate of drug-likeness (QED) is 0.646. The molecule has 3 nitrogen and oxygen atoms in total. The van der Waals surface area contributed by atoms with Gasteiger partial charge in [0.15, 0.2) is 0 Å². The van der Waals surface area contributed by atoms with Crippen molar-refractivity contribution in [3.63, 3.8) is 0 Å². The highest BCUT2D eigenvalue weighted by atomic mass is 16.5. The number of hydrogen-bond acceptors (Lipinski definition) is 3. The summed E-state index contributed by atoms with van der Waals surface area (Å²) < 4.78 is 4.86. The fraction of sp³-hybridized carbons (Fsp3) is 0.889. The summed E-state index contributed by atoms with van der Waals surface area (Å²) in [6, 6.07) is 0.906. The molecular weight excluding hydrogens is 154 g/mol. The molecule has 70 valence electrons. The number of ether oxygens (including phenoxy) is 1. The number of hydrogen-bond donors (Lipinski definition) is 1. The van der Waals surface area contributed by atoms with Gasteiger partial charge in [0.05, 0.1) is 13.0 Å². The smallest absolute Gasteiger partial charge is 0.307 e. The molecule has 1 aliphatic heterocycles. The van der Waals surface area contributed by atoms with Crippen LogP contribution < -0.4 is 5.32 Å². The van der Waals surface area contributed by atoms with Crippen molar-refractivity contribution < 1.29 is 9.53 Å².